The van der Waals surface area contributed by atoms with E-state index in [1.54, 1.807) is 0 Å². The molecule has 22 heavy (non-hydrogen) atoms. The van der Waals surface area contributed by atoms with Crippen LogP contribution in [0.5, 0.6) is 0 Å². The molecule has 0 bridgehead atoms. The van der Waals surface area contributed by atoms with Gasteiger partial charge in [0.05, 0.1) is 12.4 Å². The molecule has 0 aliphatic heterocycles. The zero-order valence-corrected chi connectivity index (χ0v) is 12.7. The standard InChI is InChI=1S/C20H17N2/c1-14-7-3-5-9-16(14)20-18-12-11-15-8-4-6-10-17(15)19(18)21-13-22(20)2/h3-13H,1-2H3/q+1. The second-order valence-electron chi connectivity index (χ2n) is 5.70. The number of benzene rings is 3. The third-order valence-corrected chi connectivity index (χ3v) is 4.27. The van der Waals surface area contributed by atoms with Gasteiger partial charge in [0.15, 0.2) is 5.52 Å². The van der Waals surface area contributed by atoms with Gasteiger partial charge < -0.3 is 0 Å². The number of aryl methyl sites for hydroxylation is 2. The topological polar surface area (TPSA) is 16.8 Å². The smallest absolute Gasteiger partial charge is 0.232 e. The maximum Gasteiger partial charge on any atom is 0.287 e. The van der Waals surface area contributed by atoms with Crippen molar-refractivity contribution in [2.24, 2.45) is 7.05 Å². The number of aromatic nitrogens is 2. The molecule has 4 rings (SSSR count). The lowest BCUT2D eigenvalue weighted by atomic mass is 9.99. The number of hydrogen-bond donors (Lipinski definition) is 0. The van der Waals surface area contributed by atoms with Crippen LogP contribution in [0.4, 0.5) is 0 Å². The van der Waals surface area contributed by atoms with Gasteiger partial charge in [-0.3, -0.25) is 0 Å². The van der Waals surface area contributed by atoms with Crippen molar-refractivity contribution >= 4 is 21.7 Å². The molecule has 0 saturated carbocycles. The molecule has 0 radical (unpaired) electrons. The molecule has 0 unspecified atom stereocenters. The minimum Gasteiger partial charge on any atom is -0.232 e. The molecule has 0 atom stereocenters. The van der Waals surface area contributed by atoms with Gasteiger partial charge in [-0.15, -0.1) is 0 Å². The van der Waals surface area contributed by atoms with E-state index in [0.717, 1.165) is 5.52 Å². The first-order valence-electron chi connectivity index (χ1n) is 7.48. The molecule has 2 nitrogen and oxygen atoms in total. The summed E-state index contributed by atoms with van der Waals surface area (Å²) in [6.45, 7) is 2.16. The van der Waals surface area contributed by atoms with Gasteiger partial charge in [-0.1, -0.05) is 48.5 Å². The van der Waals surface area contributed by atoms with E-state index in [9.17, 15) is 0 Å². The third-order valence-electron chi connectivity index (χ3n) is 4.27. The van der Waals surface area contributed by atoms with Crippen LogP contribution in [0.2, 0.25) is 0 Å². The first-order valence-corrected chi connectivity index (χ1v) is 7.48. The summed E-state index contributed by atoms with van der Waals surface area (Å²) in [5.41, 5.74) is 4.81. The average molecular weight is 285 g/mol. The van der Waals surface area contributed by atoms with Gasteiger partial charge >= 0.3 is 0 Å². The van der Waals surface area contributed by atoms with Gasteiger partial charge in [-0.05, 0) is 35.0 Å². The normalized spacial score (nSPS) is 11.2. The van der Waals surface area contributed by atoms with E-state index in [1.165, 1.54) is 33.0 Å². The number of fused-ring (bicyclic) bond motifs is 3. The highest BCUT2D eigenvalue weighted by atomic mass is 15.0. The van der Waals surface area contributed by atoms with Crippen molar-refractivity contribution in [2.45, 2.75) is 6.92 Å². The Morgan fingerprint density at radius 2 is 1.59 bits per heavy atom. The van der Waals surface area contributed by atoms with Crippen molar-refractivity contribution in [3.05, 3.63) is 72.6 Å². The Balaban J connectivity index is 2.17. The van der Waals surface area contributed by atoms with Crippen LogP contribution in [0.25, 0.3) is 32.9 Å². The number of rotatable bonds is 1. The maximum absolute atomic E-state index is 4.69. The van der Waals surface area contributed by atoms with E-state index in [-0.39, 0.29) is 0 Å². The van der Waals surface area contributed by atoms with Crippen LogP contribution in [0.3, 0.4) is 0 Å². The zero-order valence-electron chi connectivity index (χ0n) is 12.7. The molecule has 0 N–H and O–H groups in total. The van der Waals surface area contributed by atoms with Crippen LogP contribution in [0, 0.1) is 6.92 Å². The molecule has 4 aromatic rings. The van der Waals surface area contributed by atoms with Crippen molar-refractivity contribution in [1.82, 2.24) is 4.98 Å². The third kappa shape index (κ3) is 1.88. The fourth-order valence-corrected chi connectivity index (χ4v) is 3.15. The first-order chi connectivity index (χ1) is 10.8. The fraction of sp³-hybridized carbons (Fsp3) is 0.100. The summed E-state index contributed by atoms with van der Waals surface area (Å²) in [4.78, 5) is 4.69. The van der Waals surface area contributed by atoms with Gasteiger partial charge in [-0.25, -0.2) is 4.57 Å². The lowest BCUT2D eigenvalue weighted by Gasteiger charge is -2.09. The highest BCUT2D eigenvalue weighted by Crippen LogP contribution is 2.30. The van der Waals surface area contributed by atoms with E-state index in [1.807, 2.05) is 6.33 Å². The Kier molecular flexibility index (Phi) is 2.90. The summed E-state index contributed by atoms with van der Waals surface area (Å²) in [5.74, 6) is 0. The molecule has 2 heteroatoms. The minimum absolute atomic E-state index is 1.06. The Labute approximate surface area is 129 Å². The second kappa shape index (κ2) is 4.92. The van der Waals surface area contributed by atoms with E-state index in [0.29, 0.717) is 0 Å². The number of nitrogens with zero attached hydrogens (tertiary/aromatic N) is 2. The first kappa shape index (κ1) is 13.0. The lowest BCUT2D eigenvalue weighted by Crippen LogP contribution is -2.31. The molecule has 1 heterocycles. The molecule has 0 fully saturated rings. The summed E-state index contributed by atoms with van der Waals surface area (Å²) in [6.07, 6.45) is 1.91. The lowest BCUT2D eigenvalue weighted by molar-refractivity contribution is -0.662. The summed E-state index contributed by atoms with van der Waals surface area (Å²) < 4.78 is 2.11. The van der Waals surface area contributed by atoms with Crippen LogP contribution in [0.1, 0.15) is 5.56 Å². The van der Waals surface area contributed by atoms with Crippen molar-refractivity contribution < 1.29 is 4.57 Å². The van der Waals surface area contributed by atoms with Crippen LogP contribution < -0.4 is 4.57 Å². The van der Waals surface area contributed by atoms with Gasteiger partial charge in [0.1, 0.15) is 5.69 Å². The summed E-state index contributed by atoms with van der Waals surface area (Å²) in [5, 5.41) is 3.63. The van der Waals surface area contributed by atoms with Crippen molar-refractivity contribution in [3.63, 3.8) is 0 Å². The van der Waals surface area contributed by atoms with Crippen LogP contribution in [0.15, 0.2) is 67.0 Å². The molecule has 3 aromatic carbocycles. The van der Waals surface area contributed by atoms with Crippen molar-refractivity contribution in [1.29, 1.82) is 0 Å². The molecular formula is C20H17N2+. The SMILES string of the molecule is Cc1ccccc1-c1c2ccc3ccccc3c2nc[n+]1C. The molecule has 0 amide bonds. The molecule has 1 aromatic heterocycles. The molecule has 106 valence electrons. The molecular weight excluding hydrogens is 268 g/mol. The fourth-order valence-electron chi connectivity index (χ4n) is 3.15. The van der Waals surface area contributed by atoms with Crippen LogP contribution >= 0.6 is 0 Å². The van der Waals surface area contributed by atoms with Gasteiger partial charge in [0, 0.05) is 10.9 Å². The Hall–Kier alpha value is -2.74. The second-order valence-corrected chi connectivity index (χ2v) is 5.70. The van der Waals surface area contributed by atoms with E-state index in [2.05, 4.69) is 84.2 Å². The maximum atomic E-state index is 4.69. The van der Waals surface area contributed by atoms with Crippen molar-refractivity contribution in [2.75, 3.05) is 0 Å². The highest BCUT2D eigenvalue weighted by molar-refractivity contribution is 6.08. The molecule has 0 aliphatic carbocycles. The number of hydrogen-bond acceptors (Lipinski definition) is 1. The Bertz CT molecular complexity index is 1000. The van der Waals surface area contributed by atoms with Crippen molar-refractivity contribution in [3.8, 4) is 11.3 Å². The average Bonchev–Trinajstić information content (AvgIpc) is 2.55. The molecule has 0 spiro atoms. The van der Waals surface area contributed by atoms with E-state index >= 15 is 0 Å². The van der Waals surface area contributed by atoms with Gasteiger partial charge in [0.2, 0.25) is 0 Å². The molecule has 0 aliphatic rings. The summed E-state index contributed by atoms with van der Waals surface area (Å²) >= 11 is 0. The highest BCUT2D eigenvalue weighted by Gasteiger charge is 2.17. The zero-order chi connectivity index (χ0) is 15.1. The van der Waals surface area contributed by atoms with Gasteiger partial charge in [-0.2, -0.15) is 0 Å². The van der Waals surface area contributed by atoms with Gasteiger partial charge in [0.25, 0.3) is 6.33 Å². The molecule has 0 saturated heterocycles. The Morgan fingerprint density at radius 3 is 2.45 bits per heavy atom. The quantitative estimate of drug-likeness (QED) is 0.378. The van der Waals surface area contributed by atoms with Crippen LogP contribution in [-0.4, -0.2) is 4.98 Å². The predicted octanol–water partition coefficient (Wildman–Crippen LogP) is 4.19. The largest absolute Gasteiger partial charge is 0.287 e. The summed E-state index contributed by atoms with van der Waals surface area (Å²) in [7, 11) is 2.06. The van der Waals surface area contributed by atoms with E-state index < -0.39 is 0 Å². The van der Waals surface area contributed by atoms with Crippen LogP contribution in [-0.2, 0) is 7.05 Å². The monoisotopic (exact) mass is 285 g/mol. The van der Waals surface area contributed by atoms with E-state index in [4.69, 9.17) is 0 Å². The summed E-state index contributed by atoms with van der Waals surface area (Å²) in [6, 6.07) is 21.3. The minimum atomic E-state index is 1.06. The predicted molar refractivity (Wildman–Crippen MR) is 90.6 cm³/mol. The Morgan fingerprint density at radius 1 is 0.818 bits per heavy atom.